The van der Waals surface area contributed by atoms with Gasteiger partial charge in [-0.2, -0.15) is 5.26 Å². The molecule has 0 aliphatic heterocycles. The number of nitrogens with one attached hydrogen (secondary N) is 3. The molecule has 0 unspecified atom stereocenters. The van der Waals surface area contributed by atoms with Gasteiger partial charge in [-0.15, -0.1) is 0 Å². The maximum absolute atomic E-state index is 12.5. The molecule has 0 fully saturated rings. The molecule has 7 nitrogen and oxygen atoms in total. The number of aromatic nitrogens is 3. The molecule has 0 bridgehead atoms. The van der Waals surface area contributed by atoms with Crippen molar-refractivity contribution in [1.82, 2.24) is 15.0 Å². The number of H-pyrrole nitrogens is 2. The molecule has 0 aliphatic carbocycles. The van der Waals surface area contributed by atoms with Crippen LogP contribution in [0.5, 0.6) is 0 Å². The second-order valence-electron chi connectivity index (χ2n) is 7.40. The topological polar surface area (TPSA) is 114 Å². The number of nitriles is 1. The van der Waals surface area contributed by atoms with Crippen molar-refractivity contribution >= 4 is 22.6 Å². The minimum Gasteiger partial charge on any atom is -0.338 e. The number of para-hydroxylation sites is 2. The van der Waals surface area contributed by atoms with Crippen molar-refractivity contribution in [1.29, 1.82) is 5.26 Å². The third kappa shape index (κ3) is 4.09. The standard InChI is InChI=1S/C24H21N5O2/c1-14-18(15(2)26-24(31)19(14)13-25)10-11-22(30)27-17-7-5-6-16(12-17)23-28-20-8-3-4-9-21(20)29-23/h3-9,12H,10-11H2,1-2H3,(H,26,31)(H,27,30)(H,28,29). The number of rotatable bonds is 5. The van der Waals surface area contributed by atoms with Gasteiger partial charge in [-0.3, -0.25) is 9.59 Å². The zero-order chi connectivity index (χ0) is 22.0. The quantitative estimate of drug-likeness (QED) is 0.461. The lowest BCUT2D eigenvalue weighted by Gasteiger charge is -2.11. The number of carbonyl (C=O) groups is 1. The van der Waals surface area contributed by atoms with E-state index < -0.39 is 5.56 Å². The summed E-state index contributed by atoms with van der Waals surface area (Å²) in [6.45, 7) is 3.52. The second-order valence-corrected chi connectivity index (χ2v) is 7.40. The lowest BCUT2D eigenvalue weighted by atomic mass is 9.99. The second kappa shape index (κ2) is 8.28. The van der Waals surface area contributed by atoms with Gasteiger partial charge in [-0.05, 0) is 55.7 Å². The molecular formula is C24H21N5O2. The predicted molar refractivity (Wildman–Crippen MR) is 120 cm³/mol. The van der Waals surface area contributed by atoms with Gasteiger partial charge in [0, 0.05) is 23.4 Å². The van der Waals surface area contributed by atoms with Gasteiger partial charge in [0.1, 0.15) is 17.5 Å². The van der Waals surface area contributed by atoms with Crippen LogP contribution in [0.15, 0.2) is 53.3 Å². The van der Waals surface area contributed by atoms with E-state index in [0.29, 0.717) is 23.4 Å². The summed E-state index contributed by atoms with van der Waals surface area (Å²) in [6, 6.07) is 17.2. The Kier molecular flexibility index (Phi) is 5.37. The van der Waals surface area contributed by atoms with E-state index in [1.807, 2.05) is 54.6 Å². The average Bonchev–Trinajstić information content (AvgIpc) is 3.18. The fraction of sp³-hybridized carbons (Fsp3) is 0.167. The molecule has 0 spiro atoms. The first-order valence-electron chi connectivity index (χ1n) is 9.93. The Hall–Kier alpha value is -4.18. The van der Waals surface area contributed by atoms with E-state index in [0.717, 1.165) is 28.0 Å². The number of hydrogen-bond acceptors (Lipinski definition) is 4. The molecule has 0 saturated heterocycles. The van der Waals surface area contributed by atoms with E-state index in [-0.39, 0.29) is 17.9 Å². The van der Waals surface area contributed by atoms with Gasteiger partial charge in [0.15, 0.2) is 0 Å². The van der Waals surface area contributed by atoms with Crippen molar-refractivity contribution in [3.8, 4) is 17.5 Å². The van der Waals surface area contributed by atoms with Gasteiger partial charge in [0.25, 0.3) is 5.56 Å². The van der Waals surface area contributed by atoms with E-state index >= 15 is 0 Å². The molecule has 2 aromatic carbocycles. The van der Waals surface area contributed by atoms with Crippen LogP contribution in [0.25, 0.3) is 22.4 Å². The lowest BCUT2D eigenvalue weighted by Crippen LogP contribution is -2.18. The number of fused-ring (bicyclic) bond motifs is 1. The Balaban J connectivity index is 1.48. The number of aryl methyl sites for hydroxylation is 1. The average molecular weight is 411 g/mol. The van der Waals surface area contributed by atoms with Gasteiger partial charge >= 0.3 is 0 Å². The molecule has 0 atom stereocenters. The zero-order valence-electron chi connectivity index (χ0n) is 17.2. The molecule has 3 N–H and O–H groups in total. The summed E-state index contributed by atoms with van der Waals surface area (Å²) in [4.78, 5) is 35.0. The fourth-order valence-electron chi connectivity index (χ4n) is 3.72. The predicted octanol–water partition coefficient (Wildman–Crippen LogP) is 3.98. The van der Waals surface area contributed by atoms with Crippen LogP contribution in [0.4, 0.5) is 5.69 Å². The van der Waals surface area contributed by atoms with Crippen molar-refractivity contribution < 1.29 is 4.79 Å². The number of anilines is 1. The van der Waals surface area contributed by atoms with Crippen LogP contribution < -0.4 is 10.9 Å². The van der Waals surface area contributed by atoms with Crippen molar-refractivity contribution in [3.63, 3.8) is 0 Å². The summed E-state index contributed by atoms with van der Waals surface area (Å²) in [5.41, 5.74) is 5.22. The first kappa shape index (κ1) is 20.1. The Bertz CT molecular complexity index is 1360. The number of nitrogens with zero attached hydrogens (tertiary/aromatic N) is 2. The Morgan fingerprint density at radius 1 is 1.13 bits per heavy atom. The monoisotopic (exact) mass is 411 g/mol. The van der Waals surface area contributed by atoms with Crippen LogP contribution >= 0.6 is 0 Å². The highest BCUT2D eigenvalue weighted by molar-refractivity contribution is 5.91. The van der Waals surface area contributed by atoms with Crippen molar-refractivity contribution in [2.75, 3.05) is 5.32 Å². The van der Waals surface area contributed by atoms with Crippen LogP contribution in [0, 0.1) is 25.2 Å². The minimum atomic E-state index is -0.395. The van der Waals surface area contributed by atoms with Gasteiger partial charge in [-0.1, -0.05) is 24.3 Å². The molecule has 7 heteroatoms. The van der Waals surface area contributed by atoms with E-state index in [4.69, 9.17) is 0 Å². The molecule has 2 aromatic heterocycles. The highest BCUT2D eigenvalue weighted by Gasteiger charge is 2.14. The highest BCUT2D eigenvalue weighted by atomic mass is 16.1. The van der Waals surface area contributed by atoms with Crippen molar-refractivity contribution in [3.05, 3.63) is 81.3 Å². The fourth-order valence-corrected chi connectivity index (χ4v) is 3.72. The molecule has 0 aliphatic rings. The molecule has 31 heavy (non-hydrogen) atoms. The number of amides is 1. The normalized spacial score (nSPS) is 10.7. The van der Waals surface area contributed by atoms with Crippen LogP contribution in [-0.4, -0.2) is 20.9 Å². The molecule has 4 rings (SSSR count). The van der Waals surface area contributed by atoms with E-state index in [2.05, 4.69) is 20.3 Å². The summed E-state index contributed by atoms with van der Waals surface area (Å²) < 4.78 is 0. The van der Waals surface area contributed by atoms with Crippen LogP contribution in [0.2, 0.25) is 0 Å². The van der Waals surface area contributed by atoms with E-state index in [1.54, 1.807) is 13.8 Å². The summed E-state index contributed by atoms with van der Waals surface area (Å²) in [5.74, 6) is 0.589. The lowest BCUT2D eigenvalue weighted by molar-refractivity contribution is -0.116. The number of aromatic amines is 2. The molecule has 0 radical (unpaired) electrons. The Labute approximate surface area is 178 Å². The third-order valence-electron chi connectivity index (χ3n) is 5.33. The number of hydrogen-bond donors (Lipinski definition) is 3. The van der Waals surface area contributed by atoms with Crippen molar-refractivity contribution in [2.45, 2.75) is 26.7 Å². The maximum Gasteiger partial charge on any atom is 0.266 e. The zero-order valence-corrected chi connectivity index (χ0v) is 17.2. The SMILES string of the molecule is Cc1[nH]c(=O)c(C#N)c(C)c1CCC(=O)Nc1cccc(-c2nc3ccccc3[nH]2)c1. The van der Waals surface area contributed by atoms with Crippen molar-refractivity contribution in [2.24, 2.45) is 0 Å². The van der Waals surface area contributed by atoms with Gasteiger partial charge < -0.3 is 15.3 Å². The first-order valence-corrected chi connectivity index (χ1v) is 9.93. The van der Waals surface area contributed by atoms with Gasteiger partial charge in [0.05, 0.1) is 11.0 Å². The van der Waals surface area contributed by atoms with Gasteiger partial charge in [0.2, 0.25) is 5.91 Å². The summed E-state index contributed by atoms with van der Waals surface area (Å²) in [6.07, 6.45) is 0.658. The van der Waals surface area contributed by atoms with E-state index in [1.165, 1.54) is 0 Å². The number of benzene rings is 2. The van der Waals surface area contributed by atoms with Crippen LogP contribution in [-0.2, 0) is 11.2 Å². The molecule has 4 aromatic rings. The van der Waals surface area contributed by atoms with Crippen LogP contribution in [0.3, 0.4) is 0 Å². The number of carbonyl (C=O) groups excluding carboxylic acids is 1. The number of pyridine rings is 1. The molecule has 2 heterocycles. The highest BCUT2D eigenvalue weighted by Crippen LogP contribution is 2.23. The summed E-state index contributed by atoms with van der Waals surface area (Å²) >= 11 is 0. The van der Waals surface area contributed by atoms with Gasteiger partial charge in [-0.25, -0.2) is 4.98 Å². The molecule has 0 saturated carbocycles. The summed E-state index contributed by atoms with van der Waals surface area (Å²) in [7, 11) is 0. The number of imidazole rings is 1. The van der Waals surface area contributed by atoms with E-state index in [9.17, 15) is 14.9 Å². The van der Waals surface area contributed by atoms with Crippen LogP contribution in [0.1, 0.15) is 28.8 Å². The molecule has 154 valence electrons. The Morgan fingerprint density at radius 3 is 2.71 bits per heavy atom. The molecular weight excluding hydrogens is 390 g/mol. The smallest absolute Gasteiger partial charge is 0.266 e. The summed E-state index contributed by atoms with van der Waals surface area (Å²) in [5, 5.41) is 12.1. The maximum atomic E-state index is 12.5. The first-order chi connectivity index (χ1) is 15.0. The molecule has 1 amide bonds. The Morgan fingerprint density at radius 2 is 1.94 bits per heavy atom. The largest absolute Gasteiger partial charge is 0.338 e. The minimum absolute atomic E-state index is 0.0968. The third-order valence-corrected chi connectivity index (χ3v) is 5.33.